The molecular weight excluding hydrogens is 438 g/mol. The number of fused-ring (bicyclic) bond motifs is 1. The minimum Gasteiger partial charge on any atom is -0.484 e. The number of nitrogens with zero attached hydrogens (tertiary/aromatic N) is 1. The number of rotatable bonds is 6. The number of carbonyl (C=O) groups excluding carboxylic acids is 2. The zero-order valence-electron chi connectivity index (χ0n) is 20.8. The molecule has 0 bridgehead atoms. The van der Waals surface area contributed by atoms with Crippen LogP contribution in [0, 0.1) is 0 Å². The molecule has 6 heteroatoms. The Morgan fingerprint density at radius 2 is 1.69 bits per heavy atom. The van der Waals surface area contributed by atoms with Crippen LogP contribution in [-0.4, -0.2) is 24.0 Å². The van der Waals surface area contributed by atoms with Crippen LogP contribution in [-0.2, 0) is 21.5 Å². The molecule has 0 spiro atoms. The third-order valence-electron chi connectivity index (χ3n) is 6.76. The highest BCUT2D eigenvalue weighted by Gasteiger charge is 2.47. The summed E-state index contributed by atoms with van der Waals surface area (Å²) in [7, 11) is 0. The standard InChI is InChI=1S/C29H33N3O3/c1-20(33)32-26-15-12-23(30)16-25(26)29(4,19-28(32,2)3)22-10-13-24(14-11-22)35-18-27(34)31-17-21-8-6-5-7-9-21/h5-16H,17-19,30H2,1-4H3,(H,31,34). The number of anilines is 2. The number of hydrogen-bond acceptors (Lipinski definition) is 4. The van der Waals surface area contributed by atoms with Crippen LogP contribution in [0.1, 0.15) is 50.8 Å². The molecule has 1 atom stereocenters. The predicted molar refractivity (Wildman–Crippen MR) is 139 cm³/mol. The van der Waals surface area contributed by atoms with E-state index in [2.05, 4.69) is 26.1 Å². The van der Waals surface area contributed by atoms with E-state index in [1.54, 1.807) is 6.92 Å². The third-order valence-corrected chi connectivity index (χ3v) is 6.76. The molecule has 1 aliphatic rings. The molecular formula is C29H33N3O3. The Morgan fingerprint density at radius 3 is 2.34 bits per heavy atom. The number of benzene rings is 3. The summed E-state index contributed by atoms with van der Waals surface area (Å²) in [6, 6.07) is 23.4. The van der Waals surface area contributed by atoms with Crippen molar-refractivity contribution < 1.29 is 14.3 Å². The largest absolute Gasteiger partial charge is 0.484 e. The Balaban J connectivity index is 1.51. The van der Waals surface area contributed by atoms with Crippen molar-refractivity contribution in [2.24, 2.45) is 0 Å². The first-order chi connectivity index (χ1) is 16.6. The first-order valence-corrected chi connectivity index (χ1v) is 11.8. The number of nitrogen functional groups attached to an aromatic ring is 1. The quantitative estimate of drug-likeness (QED) is 0.506. The molecule has 1 heterocycles. The molecule has 0 aromatic heterocycles. The van der Waals surface area contributed by atoms with Gasteiger partial charge in [0.1, 0.15) is 5.75 Å². The number of hydrogen-bond donors (Lipinski definition) is 2. The summed E-state index contributed by atoms with van der Waals surface area (Å²) in [5.41, 5.74) is 10.2. The van der Waals surface area contributed by atoms with Crippen LogP contribution in [0.5, 0.6) is 5.75 Å². The van der Waals surface area contributed by atoms with Gasteiger partial charge < -0.3 is 20.7 Å². The number of nitrogens with one attached hydrogen (secondary N) is 1. The summed E-state index contributed by atoms with van der Waals surface area (Å²) >= 11 is 0. The molecule has 3 aromatic rings. The molecule has 1 aliphatic heterocycles. The molecule has 1 unspecified atom stereocenters. The zero-order valence-corrected chi connectivity index (χ0v) is 20.8. The molecule has 6 nitrogen and oxygen atoms in total. The zero-order chi connectivity index (χ0) is 25.2. The van der Waals surface area contributed by atoms with Crippen molar-refractivity contribution in [3.05, 3.63) is 89.5 Å². The van der Waals surface area contributed by atoms with Gasteiger partial charge in [-0.05, 0) is 67.3 Å². The molecule has 0 saturated heterocycles. The second-order valence-electron chi connectivity index (χ2n) is 10.0. The van der Waals surface area contributed by atoms with Crippen LogP contribution in [0.4, 0.5) is 11.4 Å². The van der Waals surface area contributed by atoms with E-state index in [9.17, 15) is 9.59 Å². The molecule has 2 amide bonds. The lowest BCUT2D eigenvalue weighted by molar-refractivity contribution is -0.123. The van der Waals surface area contributed by atoms with E-state index in [0.717, 1.165) is 28.8 Å². The molecule has 4 rings (SSSR count). The summed E-state index contributed by atoms with van der Waals surface area (Å²) in [5, 5.41) is 2.87. The highest BCUT2D eigenvalue weighted by Crippen LogP contribution is 2.51. The van der Waals surface area contributed by atoms with Crippen molar-refractivity contribution in [2.75, 3.05) is 17.2 Å². The SMILES string of the molecule is CC(=O)N1c2ccc(N)cc2C(C)(c2ccc(OCC(=O)NCc3ccccc3)cc2)CC1(C)C. The Bertz CT molecular complexity index is 1220. The van der Waals surface area contributed by atoms with E-state index in [4.69, 9.17) is 10.5 Å². The Kier molecular flexibility index (Phi) is 6.57. The van der Waals surface area contributed by atoms with Crippen LogP contribution in [0.25, 0.3) is 0 Å². The van der Waals surface area contributed by atoms with Gasteiger partial charge in [0.05, 0.1) is 0 Å². The van der Waals surface area contributed by atoms with Gasteiger partial charge in [-0.25, -0.2) is 0 Å². The first-order valence-electron chi connectivity index (χ1n) is 11.8. The smallest absolute Gasteiger partial charge is 0.258 e. The molecule has 0 fully saturated rings. The monoisotopic (exact) mass is 471 g/mol. The summed E-state index contributed by atoms with van der Waals surface area (Å²) in [6.07, 6.45) is 0.734. The summed E-state index contributed by atoms with van der Waals surface area (Å²) in [4.78, 5) is 26.6. The van der Waals surface area contributed by atoms with E-state index in [-0.39, 0.29) is 29.4 Å². The van der Waals surface area contributed by atoms with E-state index in [1.165, 1.54) is 0 Å². The molecule has 3 aromatic carbocycles. The van der Waals surface area contributed by atoms with Crippen molar-refractivity contribution in [2.45, 2.75) is 51.6 Å². The van der Waals surface area contributed by atoms with Crippen LogP contribution >= 0.6 is 0 Å². The fourth-order valence-electron chi connectivity index (χ4n) is 5.33. The van der Waals surface area contributed by atoms with E-state index in [0.29, 0.717) is 18.0 Å². The van der Waals surface area contributed by atoms with Gasteiger partial charge in [-0.2, -0.15) is 0 Å². The normalized spacial score (nSPS) is 18.5. The van der Waals surface area contributed by atoms with Crippen LogP contribution in [0.3, 0.4) is 0 Å². The maximum atomic E-state index is 12.6. The Morgan fingerprint density at radius 1 is 1.00 bits per heavy atom. The molecule has 0 aliphatic carbocycles. The van der Waals surface area contributed by atoms with Crippen molar-refractivity contribution in [3.8, 4) is 5.75 Å². The third kappa shape index (κ3) is 5.02. The van der Waals surface area contributed by atoms with Gasteiger partial charge in [0.2, 0.25) is 5.91 Å². The minimum absolute atomic E-state index is 0.0114. The average molecular weight is 472 g/mol. The molecule has 0 radical (unpaired) electrons. The Labute approximate surface area is 207 Å². The highest BCUT2D eigenvalue weighted by molar-refractivity contribution is 5.95. The number of ether oxygens (including phenoxy) is 1. The van der Waals surface area contributed by atoms with Crippen molar-refractivity contribution in [1.82, 2.24) is 5.32 Å². The minimum atomic E-state index is -0.379. The number of amides is 2. The lowest BCUT2D eigenvalue weighted by Gasteiger charge is -2.51. The van der Waals surface area contributed by atoms with Crippen molar-refractivity contribution in [3.63, 3.8) is 0 Å². The van der Waals surface area contributed by atoms with Gasteiger partial charge in [-0.1, -0.05) is 49.4 Å². The van der Waals surface area contributed by atoms with Crippen LogP contribution in [0.2, 0.25) is 0 Å². The summed E-state index contributed by atoms with van der Waals surface area (Å²) in [6.45, 7) is 8.40. The van der Waals surface area contributed by atoms with E-state index >= 15 is 0 Å². The second kappa shape index (κ2) is 9.45. The van der Waals surface area contributed by atoms with E-state index < -0.39 is 0 Å². The van der Waals surface area contributed by atoms with Crippen molar-refractivity contribution in [1.29, 1.82) is 0 Å². The second-order valence-corrected chi connectivity index (χ2v) is 10.0. The summed E-state index contributed by atoms with van der Waals surface area (Å²) < 4.78 is 5.72. The van der Waals surface area contributed by atoms with Gasteiger partial charge >= 0.3 is 0 Å². The fraction of sp³-hybridized carbons (Fsp3) is 0.310. The highest BCUT2D eigenvalue weighted by atomic mass is 16.5. The molecule has 0 saturated carbocycles. The lowest BCUT2D eigenvalue weighted by atomic mass is 9.65. The van der Waals surface area contributed by atoms with E-state index in [1.807, 2.05) is 77.7 Å². The van der Waals surface area contributed by atoms with Gasteiger partial charge in [0.15, 0.2) is 6.61 Å². The van der Waals surface area contributed by atoms with Gasteiger partial charge in [-0.15, -0.1) is 0 Å². The van der Waals surface area contributed by atoms with Crippen molar-refractivity contribution >= 4 is 23.2 Å². The maximum absolute atomic E-state index is 12.6. The van der Waals surface area contributed by atoms with Gasteiger partial charge in [0, 0.05) is 35.8 Å². The summed E-state index contributed by atoms with van der Waals surface area (Å²) in [5.74, 6) is 0.463. The van der Waals surface area contributed by atoms with Gasteiger partial charge in [-0.3, -0.25) is 9.59 Å². The molecule has 35 heavy (non-hydrogen) atoms. The number of carbonyl (C=O) groups is 2. The maximum Gasteiger partial charge on any atom is 0.258 e. The Hall–Kier alpha value is -3.80. The van der Waals surface area contributed by atoms with Crippen LogP contribution < -0.4 is 20.7 Å². The molecule has 3 N–H and O–H groups in total. The molecule has 182 valence electrons. The number of nitrogens with two attached hydrogens (primary N) is 1. The van der Waals surface area contributed by atoms with Crippen LogP contribution in [0.15, 0.2) is 72.8 Å². The first kappa shape index (κ1) is 24.3. The average Bonchev–Trinajstić information content (AvgIpc) is 2.82. The lowest BCUT2D eigenvalue weighted by Crippen LogP contribution is -2.55. The topological polar surface area (TPSA) is 84.7 Å². The van der Waals surface area contributed by atoms with Gasteiger partial charge in [0.25, 0.3) is 5.91 Å². The predicted octanol–water partition coefficient (Wildman–Crippen LogP) is 4.81. The fourth-order valence-corrected chi connectivity index (χ4v) is 5.33.